The Labute approximate surface area is 117 Å². The van der Waals surface area contributed by atoms with Gasteiger partial charge in [-0.25, -0.2) is 0 Å². The minimum atomic E-state index is -1.22. The van der Waals surface area contributed by atoms with Gasteiger partial charge in [0, 0.05) is 13.1 Å². The van der Waals surface area contributed by atoms with E-state index in [1.807, 2.05) is 6.07 Å². The second kappa shape index (κ2) is 5.60. The molecule has 1 saturated heterocycles. The number of carboxylic acids is 1. The van der Waals surface area contributed by atoms with E-state index >= 15 is 0 Å². The molecule has 1 fully saturated rings. The van der Waals surface area contributed by atoms with Gasteiger partial charge in [-0.15, -0.1) is 0 Å². The van der Waals surface area contributed by atoms with Crippen molar-refractivity contribution in [2.75, 3.05) is 19.6 Å². The van der Waals surface area contributed by atoms with Crippen LogP contribution in [0.5, 0.6) is 0 Å². The SMILES string of the molecule is CC(O)(CN1CC(=O)NCC1C(=O)O)c1ccccc1. The Morgan fingerprint density at radius 2 is 2.10 bits per heavy atom. The molecule has 2 unspecified atom stereocenters. The number of nitrogens with one attached hydrogen (secondary N) is 1. The molecule has 0 bridgehead atoms. The lowest BCUT2D eigenvalue weighted by Crippen LogP contribution is -2.59. The van der Waals surface area contributed by atoms with E-state index in [2.05, 4.69) is 5.32 Å². The highest BCUT2D eigenvalue weighted by Crippen LogP contribution is 2.23. The summed E-state index contributed by atoms with van der Waals surface area (Å²) in [7, 11) is 0. The number of hydrogen-bond donors (Lipinski definition) is 3. The molecule has 0 saturated carbocycles. The van der Waals surface area contributed by atoms with E-state index < -0.39 is 17.6 Å². The molecule has 2 atom stereocenters. The fourth-order valence-electron chi connectivity index (χ4n) is 2.38. The second-order valence-electron chi connectivity index (χ2n) is 5.20. The summed E-state index contributed by atoms with van der Waals surface area (Å²) in [5, 5.41) is 22.3. The molecule has 0 aromatic heterocycles. The van der Waals surface area contributed by atoms with E-state index in [9.17, 15) is 19.8 Å². The van der Waals surface area contributed by atoms with Crippen molar-refractivity contribution in [3.8, 4) is 0 Å². The van der Waals surface area contributed by atoms with Crippen molar-refractivity contribution in [1.82, 2.24) is 10.2 Å². The third kappa shape index (κ3) is 3.15. The standard InChI is InChI=1S/C14H18N2O4/c1-14(20,10-5-3-2-4-6-10)9-16-8-12(17)15-7-11(16)13(18)19/h2-6,11,20H,7-9H2,1H3,(H,15,17)(H,18,19). The van der Waals surface area contributed by atoms with Crippen LogP contribution in [0, 0.1) is 0 Å². The lowest BCUT2D eigenvalue weighted by atomic mass is 9.94. The third-order valence-corrected chi connectivity index (χ3v) is 3.47. The maximum Gasteiger partial charge on any atom is 0.322 e. The smallest absolute Gasteiger partial charge is 0.322 e. The van der Waals surface area contributed by atoms with Crippen molar-refractivity contribution in [1.29, 1.82) is 0 Å². The van der Waals surface area contributed by atoms with Gasteiger partial charge in [-0.05, 0) is 12.5 Å². The zero-order chi connectivity index (χ0) is 14.8. The van der Waals surface area contributed by atoms with Crippen molar-refractivity contribution >= 4 is 11.9 Å². The molecular formula is C14H18N2O4. The highest BCUT2D eigenvalue weighted by atomic mass is 16.4. The Morgan fingerprint density at radius 3 is 2.70 bits per heavy atom. The molecule has 3 N–H and O–H groups in total. The molecule has 2 rings (SSSR count). The van der Waals surface area contributed by atoms with Gasteiger partial charge in [-0.1, -0.05) is 30.3 Å². The molecule has 0 aliphatic carbocycles. The lowest BCUT2D eigenvalue weighted by molar-refractivity contribution is -0.147. The topological polar surface area (TPSA) is 89.9 Å². The molecule has 0 radical (unpaired) electrons. The van der Waals surface area contributed by atoms with Crippen LogP contribution >= 0.6 is 0 Å². The minimum absolute atomic E-state index is 0.0278. The molecule has 1 aromatic carbocycles. The Morgan fingerprint density at radius 1 is 1.45 bits per heavy atom. The molecule has 0 spiro atoms. The number of benzene rings is 1. The van der Waals surface area contributed by atoms with Crippen LogP contribution in [0.1, 0.15) is 12.5 Å². The van der Waals surface area contributed by atoms with Crippen molar-refractivity contribution in [2.45, 2.75) is 18.6 Å². The first-order chi connectivity index (χ1) is 9.40. The van der Waals surface area contributed by atoms with E-state index in [1.54, 1.807) is 31.2 Å². The van der Waals surface area contributed by atoms with Crippen molar-refractivity contribution in [3.05, 3.63) is 35.9 Å². The molecule has 6 heteroatoms. The second-order valence-corrected chi connectivity index (χ2v) is 5.20. The largest absolute Gasteiger partial charge is 0.480 e. The quantitative estimate of drug-likeness (QED) is 0.708. The van der Waals surface area contributed by atoms with Gasteiger partial charge in [0.25, 0.3) is 0 Å². The fourth-order valence-corrected chi connectivity index (χ4v) is 2.38. The van der Waals surface area contributed by atoms with Crippen LogP contribution in [0.15, 0.2) is 30.3 Å². The molecule has 20 heavy (non-hydrogen) atoms. The number of aliphatic carboxylic acids is 1. The Balaban J connectivity index is 2.17. The number of aliphatic hydroxyl groups is 1. The van der Waals surface area contributed by atoms with Gasteiger partial charge in [0.2, 0.25) is 5.91 Å². The summed E-state index contributed by atoms with van der Waals surface area (Å²) < 4.78 is 0. The first-order valence-corrected chi connectivity index (χ1v) is 6.41. The average Bonchev–Trinajstić information content (AvgIpc) is 2.39. The van der Waals surface area contributed by atoms with E-state index in [0.717, 1.165) is 0 Å². The minimum Gasteiger partial charge on any atom is -0.480 e. The summed E-state index contributed by atoms with van der Waals surface area (Å²) in [4.78, 5) is 24.2. The van der Waals surface area contributed by atoms with Gasteiger partial charge in [-0.3, -0.25) is 14.5 Å². The molecule has 1 aliphatic rings. The molecule has 1 aromatic rings. The number of hydrogen-bond acceptors (Lipinski definition) is 4. The van der Waals surface area contributed by atoms with Crippen LogP contribution in [0.2, 0.25) is 0 Å². The predicted molar refractivity (Wildman–Crippen MR) is 72.0 cm³/mol. The first-order valence-electron chi connectivity index (χ1n) is 6.41. The maximum atomic E-state index is 11.4. The average molecular weight is 278 g/mol. The van der Waals surface area contributed by atoms with Crippen molar-refractivity contribution in [2.24, 2.45) is 0 Å². The third-order valence-electron chi connectivity index (χ3n) is 3.47. The normalized spacial score (nSPS) is 22.9. The van der Waals surface area contributed by atoms with E-state index in [0.29, 0.717) is 5.56 Å². The zero-order valence-electron chi connectivity index (χ0n) is 11.2. The van der Waals surface area contributed by atoms with Crippen molar-refractivity contribution in [3.63, 3.8) is 0 Å². The summed E-state index contributed by atoms with van der Waals surface area (Å²) in [6.07, 6.45) is 0. The summed E-state index contributed by atoms with van der Waals surface area (Å²) in [6.45, 7) is 1.73. The zero-order valence-corrected chi connectivity index (χ0v) is 11.2. The first kappa shape index (κ1) is 14.5. The Bertz CT molecular complexity index is 501. The number of piperazine rings is 1. The van der Waals surface area contributed by atoms with Crippen molar-refractivity contribution < 1.29 is 19.8 Å². The van der Waals surface area contributed by atoms with E-state index in [1.165, 1.54) is 4.90 Å². The number of nitrogens with zero attached hydrogens (tertiary/aromatic N) is 1. The van der Waals surface area contributed by atoms with Gasteiger partial charge >= 0.3 is 5.97 Å². The van der Waals surface area contributed by atoms with Gasteiger partial charge < -0.3 is 15.5 Å². The van der Waals surface area contributed by atoms with Crippen LogP contribution in [-0.4, -0.2) is 52.7 Å². The highest BCUT2D eigenvalue weighted by Gasteiger charge is 2.36. The monoisotopic (exact) mass is 278 g/mol. The number of rotatable bonds is 4. The van der Waals surface area contributed by atoms with Crippen LogP contribution in [0.3, 0.4) is 0 Å². The Kier molecular flexibility index (Phi) is 4.06. The van der Waals surface area contributed by atoms with E-state index in [4.69, 9.17) is 0 Å². The number of β-amino-alcohol motifs (C(OH)–C–C–N with tert-alkyl or cyclic N) is 1. The predicted octanol–water partition coefficient (Wildman–Crippen LogP) is -0.221. The molecule has 1 aliphatic heterocycles. The number of carbonyl (C=O) groups is 2. The Hall–Kier alpha value is -1.92. The molecule has 1 heterocycles. The lowest BCUT2D eigenvalue weighted by Gasteiger charge is -2.37. The number of carboxylic acid groups (broad SMARTS) is 1. The number of carbonyl (C=O) groups excluding carboxylic acids is 1. The van der Waals surface area contributed by atoms with Crippen LogP contribution in [0.25, 0.3) is 0 Å². The van der Waals surface area contributed by atoms with Gasteiger partial charge in [0.1, 0.15) is 6.04 Å². The van der Waals surface area contributed by atoms with Crippen LogP contribution in [0.4, 0.5) is 0 Å². The van der Waals surface area contributed by atoms with Gasteiger partial charge in [-0.2, -0.15) is 0 Å². The molecule has 108 valence electrons. The van der Waals surface area contributed by atoms with Crippen LogP contribution in [-0.2, 0) is 15.2 Å². The fraction of sp³-hybridized carbons (Fsp3) is 0.429. The molecule has 6 nitrogen and oxygen atoms in total. The summed E-state index contributed by atoms with van der Waals surface area (Å²) in [5.74, 6) is -1.24. The summed E-state index contributed by atoms with van der Waals surface area (Å²) in [6, 6.07) is 8.19. The summed E-state index contributed by atoms with van der Waals surface area (Å²) in [5.41, 5.74) is -0.526. The highest BCUT2D eigenvalue weighted by molar-refractivity contribution is 5.83. The van der Waals surface area contributed by atoms with Gasteiger partial charge in [0.15, 0.2) is 0 Å². The van der Waals surface area contributed by atoms with Crippen LogP contribution < -0.4 is 5.32 Å². The van der Waals surface area contributed by atoms with E-state index in [-0.39, 0.29) is 25.5 Å². The van der Waals surface area contributed by atoms with Gasteiger partial charge in [0.05, 0.1) is 12.1 Å². The molecular weight excluding hydrogens is 260 g/mol. The number of amides is 1. The molecule has 1 amide bonds. The summed E-state index contributed by atoms with van der Waals surface area (Å²) >= 11 is 0. The maximum absolute atomic E-state index is 11.4.